The van der Waals surface area contributed by atoms with E-state index in [1.54, 1.807) is 25.5 Å². The molecule has 1 fully saturated rings. The standard InChI is InChI=1S/C25H27N3O3/c1-16-10-18(12-24(30)25(16,2)31)20-8-9-26-13-19(20)11-23(29)22-15-27-14-21(28-22)17-6-4-3-5-7-17/h3-9,13-16,18,24,30-31H,10-12H2,1-2H3/t16-,18+,24+,25+/m0/s1. The summed E-state index contributed by atoms with van der Waals surface area (Å²) in [5.41, 5.74) is 2.60. The number of benzene rings is 1. The molecule has 0 spiro atoms. The lowest BCUT2D eigenvalue weighted by molar-refractivity contribution is -0.123. The summed E-state index contributed by atoms with van der Waals surface area (Å²) in [6.07, 6.45) is 7.10. The average molecular weight is 418 g/mol. The summed E-state index contributed by atoms with van der Waals surface area (Å²) >= 11 is 0. The highest BCUT2D eigenvalue weighted by molar-refractivity contribution is 5.96. The number of Topliss-reactive ketones (excluding diaryl/α,β-unsaturated/α-hetero) is 1. The van der Waals surface area contributed by atoms with Gasteiger partial charge in [-0.15, -0.1) is 0 Å². The first kappa shape index (κ1) is 21.3. The first-order valence-corrected chi connectivity index (χ1v) is 10.6. The number of hydrogen-bond acceptors (Lipinski definition) is 6. The molecule has 0 unspecified atom stereocenters. The Bertz CT molecular complexity index is 1050. The molecule has 2 heterocycles. The van der Waals surface area contributed by atoms with Crippen molar-refractivity contribution in [2.75, 3.05) is 0 Å². The minimum absolute atomic E-state index is 0.0535. The van der Waals surface area contributed by atoms with Crippen LogP contribution in [0, 0.1) is 5.92 Å². The van der Waals surface area contributed by atoms with E-state index in [1.165, 1.54) is 6.20 Å². The number of carbonyl (C=O) groups excluding carboxylic acids is 1. The van der Waals surface area contributed by atoms with E-state index in [-0.39, 0.29) is 24.0 Å². The van der Waals surface area contributed by atoms with Crippen molar-refractivity contribution in [2.24, 2.45) is 5.92 Å². The monoisotopic (exact) mass is 417 g/mol. The molecule has 6 nitrogen and oxygen atoms in total. The van der Waals surface area contributed by atoms with E-state index in [4.69, 9.17) is 0 Å². The first-order valence-electron chi connectivity index (χ1n) is 10.6. The average Bonchev–Trinajstić information content (AvgIpc) is 2.78. The molecule has 0 aliphatic heterocycles. The molecule has 1 saturated carbocycles. The van der Waals surface area contributed by atoms with Gasteiger partial charge in [-0.05, 0) is 48.8 Å². The maximum atomic E-state index is 13.0. The Morgan fingerprint density at radius 1 is 1.10 bits per heavy atom. The summed E-state index contributed by atoms with van der Waals surface area (Å²) in [6, 6.07) is 11.6. The molecule has 0 radical (unpaired) electrons. The molecule has 0 bridgehead atoms. The predicted molar refractivity (Wildman–Crippen MR) is 118 cm³/mol. The van der Waals surface area contributed by atoms with Gasteiger partial charge in [-0.2, -0.15) is 0 Å². The fourth-order valence-corrected chi connectivity index (χ4v) is 4.35. The summed E-state index contributed by atoms with van der Waals surface area (Å²) < 4.78 is 0. The molecule has 1 aliphatic rings. The largest absolute Gasteiger partial charge is 0.390 e. The van der Waals surface area contributed by atoms with Crippen molar-refractivity contribution in [2.45, 2.75) is 50.7 Å². The van der Waals surface area contributed by atoms with E-state index in [0.29, 0.717) is 17.8 Å². The van der Waals surface area contributed by atoms with E-state index >= 15 is 0 Å². The van der Waals surface area contributed by atoms with Gasteiger partial charge in [0.15, 0.2) is 5.78 Å². The van der Waals surface area contributed by atoms with Crippen molar-refractivity contribution >= 4 is 5.78 Å². The van der Waals surface area contributed by atoms with Gasteiger partial charge in [-0.1, -0.05) is 37.3 Å². The molecule has 3 aromatic rings. The number of pyridine rings is 1. The Kier molecular flexibility index (Phi) is 5.94. The normalized spacial score (nSPS) is 25.9. The SMILES string of the molecule is C[C@H]1C[C@@H](c2ccncc2CC(=O)c2cncc(-c3ccccc3)n2)C[C@@H](O)[C@]1(C)O. The Hall–Kier alpha value is -2.96. The first-order chi connectivity index (χ1) is 14.9. The second-order valence-electron chi connectivity index (χ2n) is 8.64. The molecule has 2 aromatic heterocycles. The zero-order valence-corrected chi connectivity index (χ0v) is 17.8. The minimum atomic E-state index is -1.10. The van der Waals surface area contributed by atoms with Crippen LogP contribution in [0.15, 0.2) is 61.2 Å². The number of ketones is 1. The molecule has 1 aromatic carbocycles. The summed E-state index contributed by atoms with van der Waals surface area (Å²) in [4.78, 5) is 26.0. The van der Waals surface area contributed by atoms with Gasteiger partial charge in [0.1, 0.15) is 5.69 Å². The van der Waals surface area contributed by atoms with Crippen LogP contribution in [0.2, 0.25) is 0 Å². The summed E-state index contributed by atoms with van der Waals surface area (Å²) in [5, 5.41) is 21.0. The molecular formula is C25H27N3O3. The second kappa shape index (κ2) is 8.65. The van der Waals surface area contributed by atoms with Crippen molar-refractivity contribution < 1.29 is 15.0 Å². The van der Waals surface area contributed by atoms with E-state index in [2.05, 4.69) is 15.0 Å². The highest BCUT2D eigenvalue weighted by Crippen LogP contribution is 2.42. The van der Waals surface area contributed by atoms with Crippen LogP contribution >= 0.6 is 0 Å². The third-order valence-corrected chi connectivity index (χ3v) is 6.54. The highest BCUT2D eigenvalue weighted by Gasteiger charge is 2.43. The van der Waals surface area contributed by atoms with Crippen LogP contribution in [-0.4, -0.2) is 42.7 Å². The molecule has 2 N–H and O–H groups in total. The van der Waals surface area contributed by atoms with Crippen LogP contribution in [0.25, 0.3) is 11.3 Å². The van der Waals surface area contributed by atoms with Crippen LogP contribution in [0.5, 0.6) is 0 Å². The topological polar surface area (TPSA) is 96.2 Å². The lowest BCUT2D eigenvalue weighted by Crippen LogP contribution is -2.49. The fourth-order valence-electron chi connectivity index (χ4n) is 4.35. The third-order valence-electron chi connectivity index (χ3n) is 6.54. The van der Waals surface area contributed by atoms with Crippen molar-refractivity contribution in [3.63, 3.8) is 0 Å². The van der Waals surface area contributed by atoms with Gasteiger partial charge in [0.2, 0.25) is 0 Å². The maximum Gasteiger partial charge on any atom is 0.187 e. The minimum Gasteiger partial charge on any atom is -0.390 e. The van der Waals surface area contributed by atoms with Gasteiger partial charge in [0, 0.05) is 24.4 Å². The van der Waals surface area contributed by atoms with E-state index in [0.717, 1.165) is 23.1 Å². The van der Waals surface area contributed by atoms with Crippen molar-refractivity contribution in [1.29, 1.82) is 0 Å². The lowest BCUT2D eigenvalue weighted by atomic mass is 9.68. The Morgan fingerprint density at radius 2 is 1.87 bits per heavy atom. The number of aliphatic hydroxyl groups is 2. The molecular weight excluding hydrogens is 390 g/mol. The molecule has 160 valence electrons. The van der Waals surface area contributed by atoms with Gasteiger partial charge in [0.25, 0.3) is 0 Å². The second-order valence-corrected chi connectivity index (χ2v) is 8.64. The number of carbonyl (C=O) groups is 1. The predicted octanol–water partition coefficient (Wildman–Crippen LogP) is 3.59. The van der Waals surface area contributed by atoms with Crippen LogP contribution in [0.1, 0.15) is 54.2 Å². The van der Waals surface area contributed by atoms with Crippen molar-refractivity contribution in [3.8, 4) is 11.3 Å². The molecule has 6 heteroatoms. The summed E-state index contributed by atoms with van der Waals surface area (Å²) in [5.74, 6) is -0.139. The highest BCUT2D eigenvalue weighted by atomic mass is 16.3. The maximum absolute atomic E-state index is 13.0. The Morgan fingerprint density at radius 3 is 2.61 bits per heavy atom. The van der Waals surface area contributed by atoms with Gasteiger partial charge >= 0.3 is 0 Å². The number of aliphatic hydroxyl groups excluding tert-OH is 1. The number of hydrogen-bond donors (Lipinski definition) is 2. The zero-order valence-electron chi connectivity index (χ0n) is 17.8. The summed E-state index contributed by atoms with van der Waals surface area (Å²) in [6.45, 7) is 3.64. The summed E-state index contributed by atoms with van der Waals surface area (Å²) in [7, 11) is 0. The van der Waals surface area contributed by atoms with Crippen LogP contribution in [0.4, 0.5) is 0 Å². The molecule has 31 heavy (non-hydrogen) atoms. The molecule has 4 atom stereocenters. The van der Waals surface area contributed by atoms with Gasteiger partial charge < -0.3 is 10.2 Å². The van der Waals surface area contributed by atoms with E-state index < -0.39 is 11.7 Å². The molecule has 0 amide bonds. The quantitative estimate of drug-likeness (QED) is 0.616. The van der Waals surface area contributed by atoms with Crippen molar-refractivity contribution in [3.05, 3.63) is 78.0 Å². The molecule has 0 saturated heterocycles. The van der Waals surface area contributed by atoms with Crippen LogP contribution in [-0.2, 0) is 6.42 Å². The van der Waals surface area contributed by atoms with E-state index in [1.807, 2.05) is 43.3 Å². The third kappa shape index (κ3) is 4.40. The molecule has 4 rings (SSSR count). The molecule has 1 aliphatic carbocycles. The number of aromatic nitrogens is 3. The lowest BCUT2D eigenvalue weighted by Gasteiger charge is -2.43. The van der Waals surface area contributed by atoms with Crippen LogP contribution in [0.3, 0.4) is 0 Å². The van der Waals surface area contributed by atoms with Gasteiger partial charge in [0.05, 0.1) is 29.8 Å². The Labute approximate surface area is 182 Å². The number of nitrogens with zero attached hydrogens (tertiary/aromatic N) is 3. The van der Waals surface area contributed by atoms with Gasteiger partial charge in [-0.3, -0.25) is 14.8 Å². The Balaban J connectivity index is 1.57. The van der Waals surface area contributed by atoms with Gasteiger partial charge in [-0.25, -0.2) is 4.98 Å². The number of rotatable bonds is 5. The fraction of sp³-hybridized carbons (Fsp3) is 0.360. The zero-order chi connectivity index (χ0) is 22.0. The smallest absolute Gasteiger partial charge is 0.187 e. The van der Waals surface area contributed by atoms with Crippen molar-refractivity contribution in [1.82, 2.24) is 15.0 Å². The van der Waals surface area contributed by atoms with E-state index in [9.17, 15) is 15.0 Å². The van der Waals surface area contributed by atoms with Crippen LogP contribution < -0.4 is 0 Å².